The molecule has 2 heterocycles. The number of hydrogen-bond acceptors (Lipinski definition) is 5. The van der Waals surface area contributed by atoms with Crippen LogP contribution >= 0.6 is 0 Å². The van der Waals surface area contributed by atoms with Crippen molar-refractivity contribution in [1.82, 2.24) is 9.78 Å². The molecule has 1 aliphatic carbocycles. The molecule has 2 aliphatic rings. The molecule has 3 aromatic rings. The lowest BCUT2D eigenvalue weighted by atomic mass is 9.82. The minimum atomic E-state index is -1.44. The molecular formula is C31H35N3O5. The average molecular weight is 530 g/mol. The first-order chi connectivity index (χ1) is 19.0. The first kappa shape index (κ1) is 26.7. The number of amides is 1. The molecule has 8 heteroatoms. The number of hydrogen-bond donors (Lipinski definition) is 1. The van der Waals surface area contributed by atoms with Gasteiger partial charge >= 0.3 is 6.16 Å². The van der Waals surface area contributed by atoms with Gasteiger partial charge in [0.2, 0.25) is 11.7 Å². The summed E-state index contributed by atoms with van der Waals surface area (Å²) in [6.45, 7) is 3.31. The van der Waals surface area contributed by atoms with Crippen molar-refractivity contribution in [2.24, 2.45) is 11.8 Å². The van der Waals surface area contributed by atoms with Crippen molar-refractivity contribution >= 4 is 30.0 Å². The number of anilines is 1. The molecule has 0 atom stereocenters. The van der Waals surface area contributed by atoms with E-state index in [0.29, 0.717) is 32.0 Å². The molecule has 1 amide bonds. The molecule has 1 aromatic heterocycles. The summed E-state index contributed by atoms with van der Waals surface area (Å²) in [5.41, 5.74) is 2.86. The quantitative estimate of drug-likeness (QED) is 0.280. The number of aromatic nitrogens is 2. The fourth-order valence-corrected chi connectivity index (χ4v) is 5.41. The molecule has 0 spiro atoms. The van der Waals surface area contributed by atoms with E-state index in [1.807, 2.05) is 66.7 Å². The Hall–Kier alpha value is -3.91. The molecule has 39 heavy (non-hydrogen) atoms. The Labute approximate surface area is 228 Å². The van der Waals surface area contributed by atoms with Crippen molar-refractivity contribution in [2.45, 2.75) is 51.5 Å². The maximum absolute atomic E-state index is 13.9. The molecule has 1 aliphatic heterocycles. The normalized spacial score (nSPS) is 20.1. The van der Waals surface area contributed by atoms with Crippen LogP contribution in [0.25, 0.3) is 17.8 Å². The number of carboxylic acid groups (broad SMARTS) is 1. The van der Waals surface area contributed by atoms with Gasteiger partial charge in [0.05, 0.1) is 11.9 Å². The lowest BCUT2D eigenvalue weighted by molar-refractivity contribution is -0.124. The Bertz CT molecular complexity index is 1290. The van der Waals surface area contributed by atoms with Gasteiger partial charge in [0, 0.05) is 25.2 Å². The van der Waals surface area contributed by atoms with Crippen molar-refractivity contribution < 1.29 is 24.2 Å². The zero-order valence-corrected chi connectivity index (χ0v) is 22.2. The second-order valence-electron chi connectivity index (χ2n) is 10.5. The standard InChI is InChI=1S/C31H35N3O5/c1-22-7-13-25(14-8-22)30(35)34(27-17-19-38-20-18-27)29-28(39-31(36)37)21-33(32-29)26-15-11-24(12-16-26)10-9-23-5-3-2-4-6-23/h2-6,9-12,15-16,21-22,25,27H,7-8,13-14,17-20H2,1H3,(H,36,37)/b10-9+/t22-,25-. The zero-order chi connectivity index (χ0) is 27.2. The summed E-state index contributed by atoms with van der Waals surface area (Å²) in [5, 5.41) is 14.2. The van der Waals surface area contributed by atoms with Crippen LogP contribution in [-0.2, 0) is 9.53 Å². The molecule has 0 radical (unpaired) electrons. The van der Waals surface area contributed by atoms with Gasteiger partial charge in [-0.1, -0.05) is 61.5 Å². The van der Waals surface area contributed by atoms with E-state index in [1.165, 1.54) is 0 Å². The predicted molar refractivity (Wildman–Crippen MR) is 150 cm³/mol. The van der Waals surface area contributed by atoms with Gasteiger partial charge in [-0.25, -0.2) is 9.48 Å². The fraction of sp³-hybridized carbons (Fsp3) is 0.387. The summed E-state index contributed by atoms with van der Waals surface area (Å²) in [4.78, 5) is 27.3. The molecule has 2 aromatic carbocycles. The summed E-state index contributed by atoms with van der Waals surface area (Å²) in [5.74, 6) is 0.806. The van der Waals surface area contributed by atoms with E-state index >= 15 is 0 Å². The first-order valence-electron chi connectivity index (χ1n) is 13.7. The molecule has 5 rings (SSSR count). The minimum absolute atomic E-state index is 0.00399. The van der Waals surface area contributed by atoms with Crippen molar-refractivity contribution in [3.63, 3.8) is 0 Å². The second-order valence-corrected chi connectivity index (χ2v) is 10.5. The van der Waals surface area contributed by atoms with E-state index in [9.17, 15) is 14.7 Å². The smallest absolute Gasteiger partial charge is 0.449 e. The van der Waals surface area contributed by atoms with Crippen LogP contribution in [0.2, 0.25) is 0 Å². The van der Waals surface area contributed by atoms with Gasteiger partial charge in [0.15, 0.2) is 5.75 Å². The van der Waals surface area contributed by atoms with Crippen LogP contribution < -0.4 is 9.64 Å². The Balaban J connectivity index is 1.45. The molecule has 1 saturated carbocycles. The highest BCUT2D eigenvalue weighted by Crippen LogP contribution is 2.37. The minimum Gasteiger partial charge on any atom is -0.449 e. The van der Waals surface area contributed by atoms with Gasteiger partial charge in [0.1, 0.15) is 0 Å². The zero-order valence-electron chi connectivity index (χ0n) is 22.2. The Morgan fingerprint density at radius 3 is 2.23 bits per heavy atom. The number of nitrogens with zero attached hydrogens (tertiary/aromatic N) is 3. The van der Waals surface area contributed by atoms with Gasteiger partial charge in [-0.2, -0.15) is 0 Å². The van der Waals surface area contributed by atoms with Gasteiger partial charge in [-0.3, -0.25) is 9.69 Å². The second kappa shape index (κ2) is 12.3. The molecule has 8 nitrogen and oxygen atoms in total. The average Bonchev–Trinajstić information content (AvgIpc) is 3.36. The highest BCUT2D eigenvalue weighted by Gasteiger charge is 2.37. The highest BCUT2D eigenvalue weighted by molar-refractivity contribution is 5.96. The van der Waals surface area contributed by atoms with Crippen LogP contribution in [-0.4, -0.2) is 46.2 Å². The number of ether oxygens (including phenoxy) is 2. The molecule has 204 valence electrons. The van der Waals surface area contributed by atoms with E-state index < -0.39 is 6.16 Å². The third-order valence-corrected chi connectivity index (χ3v) is 7.67. The number of carbonyl (C=O) groups is 2. The van der Waals surface area contributed by atoms with E-state index in [-0.39, 0.29) is 29.4 Å². The van der Waals surface area contributed by atoms with Crippen LogP contribution in [0.3, 0.4) is 0 Å². The maximum Gasteiger partial charge on any atom is 0.511 e. The molecule has 0 bridgehead atoms. The highest BCUT2D eigenvalue weighted by atomic mass is 16.7. The van der Waals surface area contributed by atoms with Crippen molar-refractivity contribution in [2.75, 3.05) is 18.1 Å². The van der Waals surface area contributed by atoms with Crippen LogP contribution in [0.4, 0.5) is 10.6 Å². The summed E-state index contributed by atoms with van der Waals surface area (Å²) >= 11 is 0. The summed E-state index contributed by atoms with van der Waals surface area (Å²) in [6.07, 6.45) is 9.18. The lowest BCUT2D eigenvalue weighted by Gasteiger charge is -2.36. The van der Waals surface area contributed by atoms with Gasteiger partial charge in [-0.05, 0) is 67.7 Å². The predicted octanol–water partition coefficient (Wildman–Crippen LogP) is 6.44. The Kier molecular flexibility index (Phi) is 8.42. The van der Waals surface area contributed by atoms with E-state index in [2.05, 4.69) is 6.92 Å². The Morgan fingerprint density at radius 1 is 0.949 bits per heavy atom. The van der Waals surface area contributed by atoms with Crippen LogP contribution in [0.5, 0.6) is 5.75 Å². The van der Waals surface area contributed by atoms with E-state index in [1.54, 1.807) is 15.8 Å². The van der Waals surface area contributed by atoms with Crippen LogP contribution in [0.1, 0.15) is 56.6 Å². The number of benzene rings is 2. The van der Waals surface area contributed by atoms with Crippen molar-refractivity contribution in [3.05, 3.63) is 71.9 Å². The number of rotatable bonds is 7. The van der Waals surface area contributed by atoms with Gasteiger partial charge < -0.3 is 14.6 Å². The van der Waals surface area contributed by atoms with E-state index in [0.717, 1.165) is 42.5 Å². The molecular weight excluding hydrogens is 494 g/mol. The monoisotopic (exact) mass is 529 g/mol. The molecule has 2 fully saturated rings. The molecule has 0 unspecified atom stereocenters. The van der Waals surface area contributed by atoms with Crippen LogP contribution in [0.15, 0.2) is 60.8 Å². The third-order valence-electron chi connectivity index (χ3n) is 7.67. The SMILES string of the molecule is C[C@H]1CC[C@H](C(=O)N(c2nn(-c3ccc(/C=C/c4ccccc4)cc3)cc2OC(=O)O)C2CCOCC2)CC1. The van der Waals surface area contributed by atoms with Gasteiger partial charge in [-0.15, -0.1) is 5.10 Å². The first-order valence-corrected chi connectivity index (χ1v) is 13.7. The largest absolute Gasteiger partial charge is 0.511 e. The summed E-state index contributed by atoms with van der Waals surface area (Å²) in [6, 6.07) is 17.7. The topological polar surface area (TPSA) is 93.9 Å². The Morgan fingerprint density at radius 2 is 1.59 bits per heavy atom. The molecule has 1 saturated heterocycles. The van der Waals surface area contributed by atoms with Crippen molar-refractivity contribution in [1.29, 1.82) is 0 Å². The summed E-state index contributed by atoms with van der Waals surface area (Å²) < 4.78 is 12.3. The van der Waals surface area contributed by atoms with Crippen molar-refractivity contribution in [3.8, 4) is 11.4 Å². The summed E-state index contributed by atoms with van der Waals surface area (Å²) in [7, 11) is 0. The lowest BCUT2D eigenvalue weighted by Crippen LogP contribution is -2.47. The maximum atomic E-state index is 13.9. The molecule has 1 N–H and O–H groups in total. The fourth-order valence-electron chi connectivity index (χ4n) is 5.41. The third kappa shape index (κ3) is 6.57. The van der Waals surface area contributed by atoms with Crippen LogP contribution in [0, 0.1) is 11.8 Å². The number of carbonyl (C=O) groups excluding carboxylic acids is 1. The van der Waals surface area contributed by atoms with E-state index in [4.69, 9.17) is 14.6 Å². The van der Waals surface area contributed by atoms with Gasteiger partial charge in [0.25, 0.3) is 0 Å².